The van der Waals surface area contributed by atoms with Crippen LogP contribution in [0.25, 0.3) is 0 Å². The van der Waals surface area contributed by atoms with Crippen LogP contribution < -0.4 is 0 Å². The lowest BCUT2D eigenvalue weighted by Gasteiger charge is -2.44. The summed E-state index contributed by atoms with van der Waals surface area (Å²) < 4.78 is 6.15. The Hall–Kier alpha value is -1.85. The van der Waals surface area contributed by atoms with Gasteiger partial charge < -0.3 is 9.22 Å². The van der Waals surface area contributed by atoms with Gasteiger partial charge in [-0.05, 0) is 23.8 Å². The van der Waals surface area contributed by atoms with Crippen molar-refractivity contribution in [2.75, 3.05) is 32.8 Å². The third-order valence-corrected chi connectivity index (χ3v) is 5.41. The van der Waals surface area contributed by atoms with Gasteiger partial charge in [0.2, 0.25) is 0 Å². The minimum Gasteiger partial charge on any atom is -0.450 e. The smallest absolute Gasteiger partial charge is 0.410 e. The molecule has 128 valence electrons. The van der Waals surface area contributed by atoms with Crippen LogP contribution in [0.3, 0.4) is 0 Å². The number of thiophene rings is 1. The maximum absolute atomic E-state index is 12.0. The molecule has 2 heterocycles. The van der Waals surface area contributed by atoms with Gasteiger partial charge in [-0.3, -0.25) is 4.90 Å². The van der Waals surface area contributed by atoms with Crippen LogP contribution in [-0.4, -0.2) is 48.3 Å². The summed E-state index contributed by atoms with van der Waals surface area (Å²) in [5.74, 6) is 0. The monoisotopic (exact) mass is 345 g/mol. The fraction of sp³-hybridized carbons (Fsp3) is 0.421. The third kappa shape index (κ3) is 4.16. The number of carbonyl (C=O) groups is 1. The van der Waals surface area contributed by atoms with Crippen molar-refractivity contribution >= 4 is 17.4 Å². The molecule has 5 heteroatoms. The molecule has 1 aliphatic heterocycles. The highest BCUT2D eigenvalue weighted by Gasteiger charge is 2.35. The molecule has 3 rings (SSSR count). The van der Waals surface area contributed by atoms with E-state index in [-0.39, 0.29) is 6.09 Å². The molecule has 1 aliphatic rings. The Morgan fingerprint density at radius 1 is 1.12 bits per heavy atom. The SMILES string of the molecule is CCOC(=O)N1CC[N+](Cc2ccccc2)(Cc2ccsc2)CC1. The Morgan fingerprint density at radius 3 is 2.46 bits per heavy atom. The summed E-state index contributed by atoms with van der Waals surface area (Å²) >= 11 is 1.75. The standard InChI is InChI=1S/C19H25N2O2S/c1-2-23-19(22)20-9-11-21(12-10-20,15-18-8-13-24-16-18)14-17-6-4-3-5-7-17/h3-8,13,16H,2,9-12,14-15H2,1H3/q+1. The zero-order valence-corrected chi connectivity index (χ0v) is 15.0. The molecule has 0 N–H and O–H groups in total. The summed E-state index contributed by atoms with van der Waals surface area (Å²) in [6.07, 6.45) is -0.175. The molecule has 1 saturated heterocycles. The summed E-state index contributed by atoms with van der Waals surface area (Å²) in [6, 6.07) is 12.9. The van der Waals surface area contributed by atoms with E-state index in [1.165, 1.54) is 11.1 Å². The highest BCUT2D eigenvalue weighted by atomic mass is 32.1. The van der Waals surface area contributed by atoms with Crippen LogP contribution in [0.1, 0.15) is 18.1 Å². The molecule has 0 bridgehead atoms. The number of amides is 1. The molecule has 0 unspecified atom stereocenters. The second kappa shape index (κ2) is 7.81. The van der Waals surface area contributed by atoms with Gasteiger partial charge in [0, 0.05) is 11.1 Å². The number of nitrogens with zero attached hydrogens (tertiary/aromatic N) is 2. The van der Waals surface area contributed by atoms with Crippen LogP contribution in [0, 0.1) is 0 Å². The lowest BCUT2D eigenvalue weighted by atomic mass is 10.1. The van der Waals surface area contributed by atoms with Crippen molar-refractivity contribution in [3.05, 3.63) is 58.3 Å². The Balaban J connectivity index is 1.73. The number of benzene rings is 1. The van der Waals surface area contributed by atoms with Crippen molar-refractivity contribution in [3.63, 3.8) is 0 Å². The maximum atomic E-state index is 12.0. The van der Waals surface area contributed by atoms with Gasteiger partial charge in [-0.25, -0.2) is 4.79 Å². The Morgan fingerprint density at radius 2 is 1.83 bits per heavy atom. The van der Waals surface area contributed by atoms with E-state index in [0.717, 1.165) is 43.8 Å². The predicted octanol–water partition coefficient (Wildman–Crippen LogP) is 3.74. The van der Waals surface area contributed by atoms with Crippen molar-refractivity contribution in [2.45, 2.75) is 20.0 Å². The first kappa shape index (κ1) is 17.0. The van der Waals surface area contributed by atoms with Crippen molar-refractivity contribution in [1.29, 1.82) is 0 Å². The quantitative estimate of drug-likeness (QED) is 0.773. The molecule has 0 aliphatic carbocycles. The van der Waals surface area contributed by atoms with Crippen LogP contribution in [-0.2, 0) is 17.8 Å². The predicted molar refractivity (Wildman–Crippen MR) is 96.8 cm³/mol. The zero-order chi connectivity index (χ0) is 16.8. The van der Waals surface area contributed by atoms with E-state index in [0.29, 0.717) is 6.61 Å². The molecule has 2 aromatic rings. The number of piperazine rings is 1. The summed E-state index contributed by atoms with van der Waals surface area (Å²) in [7, 11) is 0. The molecule has 0 spiro atoms. The van der Waals surface area contributed by atoms with Crippen molar-refractivity contribution in [2.24, 2.45) is 0 Å². The van der Waals surface area contributed by atoms with Gasteiger partial charge in [-0.15, -0.1) is 0 Å². The lowest BCUT2D eigenvalue weighted by molar-refractivity contribution is -0.956. The van der Waals surface area contributed by atoms with Crippen LogP contribution in [0.4, 0.5) is 4.79 Å². The van der Waals surface area contributed by atoms with Crippen LogP contribution >= 0.6 is 11.3 Å². The first-order valence-corrected chi connectivity index (χ1v) is 9.47. The molecule has 0 atom stereocenters. The Bertz CT molecular complexity index is 635. The van der Waals surface area contributed by atoms with E-state index in [1.807, 2.05) is 11.8 Å². The van der Waals surface area contributed by atoms with Crippen molar-refractivity contribution in [1.82, 2.24) is 4.90 Å². The minimum absolute atomic E-state index is 0.175. The molecule has 1 amide bonds. The molecule has 24 heavy (non-hydrogen) atoms. The first-order valence-electron chi connectivity index (χ1n) is 8.52. The Kier molecular flexibility index (Phi) is 5.53. The van der Waals surface area contributed by atoms with Gasteiger partial charge in [0.25, 0.3) is 0 Å². The summed E-state index contributed by atoms with van der Waals surface area (Å²) in [5, 5.41) is 4.38. The van der Waals surface area contributed by atoms with E-state index in [2.05, 4.69) is 47.2 Å². The molecule has 0 radical (unpaired) electrons. The molecule has 1 aromatic carbocycles. The van der Waals surface area contributed by atoms with Crippen LogP contribution in [0.5, 0.6) is 0 Å². The lowest BCUT2D eigenvalue weighted by Crippen LogP contribution is -2.59. The van der Waals surface area contributed by atoms with Crippen molar-refractivity contribution < 1.29 is 14.0 Å². The average molecular weight is 345 g/mol. The van der Waals surface area contributed by atoms with Gasteiger partial charge in [-0.1, -0.05) is 30.3 Å². The van der Waals surface area contributed by atoms with Crippen molar-refractivity contribution in [3.8, 4) is 0 Å². The van der Waals surface area contributed by atoms with E-state index in [4.69, 9.17) is 4.74 Å². The molecule has 0 saturated carbocycles. The first-order chi connectivity index (χ1) is 11.7. The zero-order valence-electron chi connectivity index (χ0n) is 14.2. The number of quaternary nitrogens is 1. The van der Waals surface area contributed by atoms with E-state index in [1.54, 1.807) is 11.3 Å². The van der Waals surface area contributed by atoms with Crippen LogP contribution in [0.2, 0.25) is 0 Å². The summed E-state index contributed by atoms with van der Waals surface area (Å²) in [6.45, 7) is 7.77. The molecular formula is C19H25N2O2S+. The fourth-order valence-electron chi connectivity index (χ4n) is 3.40. The number of rotatable bonds is 5. The normalized spacial score (nSPS) is 16.8. The highest BCUT2D eigenvalue weighted by Crippen LogP contribution is 2.24. The van der Waals surface area contributed by atoms with Gasteiger partial charge in [-0.2, -0.15) is 11.3 Å². The Labute approximate surface area is 147 Å². The second-order valence-corrected chi connectivity index (χ2v) is 7.19. The maximum Gasteiger partial charge on any atom is 0.410 e. The highest BCUT2D eigenvalue weighted by molar-refractivity contribution is 7.07. The number of hydrogen-bond donors (Lipinski definition) is 0. The molecule has 4 nitrogen and oxygen atoms in total. The minimum atomic E-state index is -0.175. The number of hydrogen-bond acceptors (Lipinski definition) is 3. The number of carbonyl (C=O) groups excluding carboxylic acids is 1. The second-order valence-electron chi connectivity index (χ2n) is 6.41. The topological polar surface area (TPSA) is 29.5 Å². The van der Waals surface area contributed by atoms with Gasteiger partial charge >= 0.3 is 6.09 Å². The van der Waals surface area contributed by atoms with Crippen LogP contribution in [0.15, 0.2) is 47.2 Å². The summed E-state index contributed by atoms with van der Waals surface area (Å²) in [4.78, 5) is 13.8. The van der Waals surface area contributed by atoms with Gasteiger partial charge in [0.15, 0.2) is 0 Å². The summed E-state index contributed by atoms with van der Waals surface area (Å²) in [5.41, 5.74) is 2.75. The van der Waals surface area contributed by atoms with Gasteiger partial charge in [0.05, 0.1) is 32.8 Å². The third-order valence-electron chi connectivity index (χ3n) is 4.67. The molecule has 1 aromatic heterocycles. The van der Waals surface area contributed by atoms with Gasteiger partial charge in [0.1, 0.15) is 13.1 Å². The molecular weight excluding hydrogens is 320 g/mol. The average Bonchev–Trinajstić information content (AvgIpc) is 3.09. The van der Waals surface area contributed by atoms with E-state index < -0.39 is 0 Å². The largest absolute Gasteiger partial charge is 0.450 e. The fourth-order valence-corrected chi connectivity index (χ4v) is 4.06. The number of ether oxygens (including phenoxy) is 1. The van der Waals surface area contributed by atoms with E-state index in [9.17, 15) is 4.79 Å². The molecule has 1 fully saturated rings. The van der Waals surface area contributed by atoms with E-state index >= 15 is 0 Å².